The zero-order valence-corrected chi connectivity index (χ0v) is 13.1. The Balaban J connectivity index is 1.80. The van der Waals surface area contributed by atoms with Crippen molar-refractivity contribution in [2.45, 2.75) is 26.4 Å². The van der Waals surface area contributed by atoms with Gasteiger partial charge in [0, 0.05) is 25.2 Å². The third-order valence-electron chi connectivity index (χ3n) is 3.38. The van der Waals surface area contributed by atoms with Crippen LogP contribution in [0.15, 0.2) is 48.5 Å². The van der Waals surface area contributed by atoms with E-state index in [4.69, 9.17) is 4.74 Å². The average Bonchev–Trinajstić information content (AvgIpc) is 2.57. The Morgan fingerprint density at radius 3 is 2.00 bits per heavy atom. The normalized spacial score (nSPS) is 10.3. The summed E-state index contributed by atoms with van der Waals surface area (Å²) in [6.07, 6.45) is 0.491. The predicted molar refractivity (Wildman–Crippen MR) is 88.9 cm³/mol. The van der Waals surface area contributed by atoms with Crippen LogP contribution < -0.4 is 15.4 Å². The number of anilines is 1. The van der Waals surface area contributed by atoms with Gasteiger partial charge in [0.1, 0.15) is 5.75 Å². The van der Waals surface area contributed by atoms with Gasteiger partial charge in [-0.2, -0.15) is 0 Å². The van der Waals surface area contributed by atoms with Crippen molar-refractivity contribution in [3.63, 3.8) is 0 Å². The van der Waals surface area contributed by atoms with Crippen molar-refractivity contribution in [2.75, 3.05) is 12.4 Å². The molecule has 0 saturated heterocycles. The molecule has 0 aliphatic carbocycles. The summed E-state index contributed by atoms with van der Waals surface area (Å²) >= 11 is 0. The lowest BCUT2D eigenvalue weighted by molar-refractivity contribution is -0.115. The average molecular weight is 298 g/mol. The van der Waals surface area contributed by atoms with Gasteiger partial charge in [-0.25, -0.2) is 0 Å². The standard InChI is InChI=1S/C18H22N2O2/c1-3-18(21)20-16-8-4-14(5-9-16)12-19-13-15-6-10-17(22-2)11-7-15/h4-11,19H,3,12-13H2,1-2H3,(H,20,21). The molecule has 0 unspecified atom stereocenters. The van der Waals surface area contributed by atoms with Crippen molar-refractivity contribution in [3.05, 3.63) is 59.7 Å². The monoisotopic (exact) mass is 298 g/mol. The van der Waals surface area contributed by atoms with Crippen LogP contribution in [0.3, 0.4) is 0 Å². The summed E-state index contributed by atoms with van der Waals surface area (Å²) in [6.45, 7) is 3.43. The molecule has 0 bridgehead atoms. The molecule has 4 nitrogen and oxygen atoms in total. The van der Waals surface area contributed by atoms with Gasteiger partial charge >= 0.3 is 0 Å². The molecule has 22 heavy (non-hydrogen) atoms. The minimum absolute atomic E-state index is 0.0328. The van der Waals surface area contributed by atoms with Crippen LogP contribution in [0.5, 0.6) is 5.75 Å². The Labute approximate surface area is 131 Å². The number of ether oxygens (including phenoxy) is 1. The first kappa shape index (κ1) is 16.0. The molecule has 2 aromatic rings. The molecule has 0 saturated carbocycles. The quantitative estimate of drug-likeness (QED) is 0.824. The second-order valence-corrected chi connectivity index (χ2v) is 5.05. The lowest BCUT2D eigenvalue weighted by Gasteiger charge is -2.08. The molecule has 0 heterocycles. The van der Waals surface area contributed by atoms with Crippen LogP contribution in [0, 0.1) is 0 Å². The van der Waals surface area contributed by atoms with E-state index >= 15 is 0 Å². The fraction of sp³-hybridized carbons (Fsp3) is 0.278. The zero-order chi connectivity index (χ0) is 15.8. The number of rotatable bonds is 7. The Hall–Kier alpha value is -2.33. The molecule has 2 rings (SSSR count). The number of hydrogen-bond donors (Lipinski definition) is 2. The van der Waals surface area contributed by atoms with Gasteiger partial charge in [0.05, 0.1) is 7.11 Å². The number of methoxy groups -OCH3 is 1. The Kier molecular flexibility index (Phi) is 5.98. The second-order valence-electron chi connectivity index (χ2n) is 5.05. The first-order chi connectivity index (χ1) is 10.7. The number of carbonyl (C=O) groups is 1. The van der Waals surface area contributed by atoms with Crippen molar-refractivity contribution >= 4 is 11.6 Å². The van der Waals surface area contributed by atoms with E-state index in [1.165, 1.54) is 11.1 Å². The molecule has 1 amide bonds. The van der Waals surface area contributed by atoms with Crippen molar-refractivity contribution in [3.8, 4) is 5.75 Å². The summed E-state index contributed by atoms with van der Waals surface area (Å²) in [6, 6.07) is 15.9. The van der Waals surface area contributed by atoms with E-state index in [0.717, 1.165) is 24.5 Å². The van der Waals surface area contributed by atoms with Crippen LogP contribution in [0.25, 0.3) is 0 Å². The van der Waals surface area contributed by atoms with E-state index in [1.54, 1.807) is 7.11 Å². The lowest BCUT2D eigenvalue weighted by atomic mass is 10.2. The summed E-state index contributed by atoms with van der Waals surface area (Å²) in [7, 11) is 1.67. The molecule has 116 valence electrons. The van der Waals surface area contributed by atoms with Gasteiger partial charge in [-0.05, 0) is 35.4 Å². The number of carbonyl (C=O) groups excluding carboxylic acids is 1. The van der Waals surface area contributed by atoms with Crippen molar-refractivity contribution < 1.29 is 9.53 Å². The Morgan fingerprint density at radius 2 is 1.50 bits per heavy atom. The van der Waals surface area contributed by atoms with E-state index in [0.29, 0.717) is 6.42 Å². The molecule has 0 aliphatic heterocycles. The summed E-state index contributed by atoms with van der Waals surface area (Å²) < 4.78 is 5.14. The van der Waals surface area contributed by atoms with Crippen LogP contribution in [0.4, 0.5) is 5.69 Å². The first-order valence-corrected chi connectivity index (χ1v) is 7.43. The van der Waals surface area contributed by atoms with E-state index in [9.17, 15) is 4.79 Å². The van der Waals surface area contributed by atoms with Gasteiger partial charge in [0.15, 0.2) is 0 Å². The number of nitrogens with one attached hydrogen (secondary N) is 2. The fourth-order valence-corrected chi connectivity index (χ4v) is 2.05. The first-order valence-electron chi connectivity index (χ1n) is 7.43. The third-order valence-corrected chi connectivity index (χ3v) is 3.38. The van der Waals surface area contributed by atoms with Crippen LogP contribution >= 0.6 is 0 Å². The molecule has 0 aliphatic rings. The molecule has 0 atom stereocenters. The highest BCUT2D eigenvalue weighted by Crippen LogP contribution is 2.12. The summed E-state index contributed by atoms with van der Waals surface area (Å²) in [5, 5.41) is 6.24. The molecule has 2 N–H and O–H groups in total. The van der Waals surface area contributed by atoms with E-state index < -0.39 is 0 Å². The van der Waals surface area contributed by atoms with Crippen molar-refractivity contribution in [1.29, 1.82) is 0 Å². The highest BCUT2D eigenvalue weighted by molar-refractivity contribution is 5.90. The van der Waals surface area contributed by atoms with E-state index in [-0.39, 0.29) is 5.91 Å². The molecule has 0 fully saturated rings. The van der Waals surface area contributed by atoms with Crippen molar-refractivity contribution in [2.24, 2.45) is 0 Å². The number of benzene rings is 2. The van der Waals surface area contributed by atoms with Gasteiger partial charge in [-0.3, -0.25) is 4.79 Å². The topological polar surface area (TPSA) is 50.4 Å². The Morgan fingerprint density at radius 1 is 0.955 bits per heavy atom. The Bertz CT molecular complexity index is 591. The van der Waals surface area contributed by atoms with Crippen LogP contribution in [-0.4, -0.2) is 13.0 Å². The maximum absolute atomic E-state index is 11.3. The molecule has 4 heteroatoms. The number of amides is 1. The summed E-state index contributed by atoms with van der Waals surface area (Å²) in [5.74, 6) is 0.902. The zero-order valence-electron chi connectivity index (χ0n) is 13.1. The van der Waals surface area contributed by atoms with E-state index in [2.05, 4.69) is 22.8 Å². The summed E-state index contributed by atoms with van der Waals surface area (Å²) in [4.78, 5) is 11.3. The maximum atomic E-state index is 11.3. The van der Waals surface area contributed by atoms with E-state index in [1.807, 2.05) is 43.3 Å². The molecular weight excluding hydrogens is 276 g/mol. The molecular formula is C18H22N2O2. The predicted octanol–water partition coefficient (Wildman–Crippen LogP) is 3.33. The second kappa shape index (κ2) is 8.20. The minimum atomic E-state index is 0.0328. The largest absolute Gasteiger partial charge is 0.497 e. The van der Waals surface area contributed by atoms with Gasteiger partial charge in [0.2, 0.25) is 5.91 Å². The lowest BCUT2D eigenvalue weighted by Crippen LogP contribution is -2.13. The maximum Gasteiger partial charge on any atom is 0.224 e. The summed E-state index contributed by atoms with van der Waals surface area (Å²) in [5.41, 5.74) is 3.24. The van der Waals surface area contributed by atoms with Gasteiger partial charge in [0.25, 0.3) is 0 Å². The number of hydrogen-bond acceptors (Lipinski definition) is 3. The van der Waals surface area contributed by atoms with Gasteiger partial charge in [-0.1, -0.05) is 31.2 Å². The molecule has 0 radical (unpaired) electrons. The minimum Gasteiger partial charge on any atom is -0.497 e. The van der Waals surface area contributed by atoms with Gasteiger partial charge in [-0.15, -0.1) is 0 Å². The molecule has 0 spiro atoms. The van der Waals surface area contributed by atoms with Crippen molar-refractivity contribution in [1.82, 2.24) is 5.32 Å². The third kappa shape index (κ3) is 4.90. The molecule has 2 aromatic carbocycles. The fourth-order valence-electron chi connectivity index (χ4n) is 2.05. The highest BCUT2D eigenvalue weighted by atomic mass is 16.5. The van der Waals surface area contributed by atoms with Crippen LogP contribution in [-0.2, 0) is 17.9 Å². The highest BCUT2D eigenvalue weighted by Gasteiger charge is 1.99. The van der Waals surface area contributed by atoms with Gasteiger partial charge < -0.3 is 15.4 Å². The SMILES string of the molecule is CCC(=O)Nc1ccc(CNCc2ccc(OC)cc2)cc1. The molecule has 0 aromatic heterocycles. The van der Waals surface area contributed by atoms with Crippen LogP contribution in [0.1, 0.15) is 24.5 Å². The smallest absolute Gasteiger partial charge is 0.224 e. The van der Waals surface area contributed by atoms with Crippen LogP contribution in [0.2, 0.25) is 0 Å².